The van der Waals surface area contributed by atoms with Crippen molar-refractivity contribution >= 4 is 10.1 Å². The second-order valence-electron chi connectivity index (χ2n) is 5.06. The average molecular weight is 236 g/mol. The van der Waals surface area contributed by atoms with Crippen LogP contribution < -0.4 is 0 Å². The maximum absolute atomic E-state index is 11.3. The Morgan fingerprint density at radius 1 is 1.33 bits per heavy atom. The van der Waals surface area contributed by atoms with Crippen molar-refractivity contribution in [2.75, 3.05) is 0 Å². The van der Waals surface area contributed by atoms with Gasteiger partial charge in [0.1, 0.15) is 0 Å². The summed E-state index contributed by atoms with van der Waals surface area (Å²) in [6, 6.07) is 0. The predicted octanol–water partition coefficient (Wildman–Crippen LogP) is 1.66. The van der Waals surface area contributed by atoms with Crippen LogP contribution in [0.15, 0.2) is 0 Å². The maximum atomic E-state index is 11.3. The quantitative estimate of drug-likeness (QED) is 0.715. The molecule has 3 atom stereocenters. The molecular weight excluding hydrogens is 216 g/mol. The van der Waals surface area contributed by atoms with Gasteiger partial charge in [-0.3, -0.25) is 4.55 Å². The van der Waals surface area contributed by atoms with E-state index in [0.29, 0.717) is 6.42 Å². The molecule has 15 heavy (non-hydrogen) atoms. The molecule has 0 bridgehead atoms. The lowest BCUT2D eigenvalue weighted by atomic mass is 9.75. The molecule has 0 heterocycles. The maximum Gasteiger partial charge on any atom is 0.295 e. The molecule has 0 aromatic rings. The fourth-order valence-electron chi connectivity index (χ4n) is 2.59. The Labute approximate surface area is 91.4 Å². The number of hydrogen-bond donors (Lipinski definition) is 2. The monoisotopic (exact) mass is 236 g/mol. The summed E-state index contributed by atoms with van der Waals surface area (Å²) in [6.45, 7) is 5.64. The van der Waals surface area contributed by atoms with Gasteiger partial charge in [0, 0.05) is 5.92 Å². The Morgan fingerprint density at radius 2 is 1.87 bits per heavy atom. The summed E-state index contributed by atoms with van der Waals surface area (Å²) in [4.78, 5) is -1.95. The summed E-state index contributed by atoms with van der Waals surface area (Å²) in [7, 11) is -4.40. The van der Waals surface area contributed by atoms with Crippen LogP contribution in [0.4, 0.5) is 0 Å². The summed E-state index contributed by atoms with van der Waals surface area (Å²) < 4.78 is 31.7. The van der Waals surface area contributed by atoms with Crippen molar-refractivity contribution in [2.24, 2.45) is 17.8 Å². The molecule has 0 radical (unpaired) electrons. The minimum absolute atomic E-state index is 0.0458. The van der Waals surface area contributed by atoms with Crippen LogP contribution in [-0.4, -0.2) is 23.0 Å². The molecule has 0 saturated heterocycles. The Morgan fingerprint density at radius 3 is 2.27 bits per heavy atom. The van der Waals surface area contributed by atoms with Crippen LogP contribution in [0.1, 0.15) is 40.0 Å². The fraction of sp³-hybridized carbons (Fsp3) is 1.00. The highest BCUT2D eigenvalue weighted by Crippen LogP contribution is 2.43. The standard InChI is InChI=1S/C10H20O4S/c1-7(2)9-5-4-8(3)6-10(9,11)15(12,13)14/h7-9,11H,4-6H2,1-3H3,(H,12,13,14). The number of aliphatic hydroxyl groups is 1. The van der Waals surface area contributed by atoms with Crippen molar-refractivity contribution in [1.29, 1.82) is 0 Å². The molecule has 1 rings (SSSR count). The van der Waals surface area contributed by atoms with E-state index in [9.17, 15) is 13.5 Å². The summed E-state index contributed by atoms with van der Waals surface area (Å²) in [5.74, 6) is -0.194. The summed E-state index contributed by atoms with van der Waals surface area (Å²) in [5.41, 5.74) is 0. The molecule has 0 spiro atoms. The van der Waals surface area contributed by atoms with Gasteiger partial charge < -0.3 is 5.11 Å². The zero-order valence-corrected chi connectivity index (χ0v) is 10.3. The van der Waals surface area contributed by atoms with Gasteiger partial charge in [-0.15, -0.1) is 0 Å². The van der Waals surface area contributed by atoms with Crippen LogP contribution in [0.2, 0.25) is 0 Å². The molecule has 2 N–H and O–H groups in total. The molecule has 1 aliphatic rings. The van der Waals surface area contributed by atoms with E-state index in [0.717, 1.165) is 6.42 Å². The lowest BCUT2D eigenvalue weighted by Gasteiger charge is -2.41. The van der Waals surface area contributed by atoms with Gasteiger partial charge in [0.2, 0.25) is 0 Å². The van der Waals surface area contributed by atoms with E-state index in [4.69, 9.17) is 4.55 Å². The lowest BCUT2D eigenvalue weighted by Crippen LogP contribution is -2.51. The van der Waals surface area contributed by atoms with Gasteiger partial charge in [-0.25, -0.2) is 0 Å². The van der Waals surface area contributed by atoms with E-state index in [1.807, 2.05) is 20.8 Å². The van der Waals surface area contributed by atoms with E-state index in [-0.39, 0.29) is 24.2 Å². The van der Waals surface area contributed by atoms with Gasteiger partial charge in [0.05, 0.1) is 0 Å². The Bertz CT molecular complexity index is 322. The highest BCUT2D eigenvalue weighted by atomic mass is 32.2. The first-order valence-electron chi connectivity index (χ1n) is 5.38. The number of hydrogen-bond acceptors (Lipinski definition) is 3. The smallest absolute Gasteiger partial charge is 0.295 e. The first-order chi connectivity index (χ1) is 6.68. The lowest BCUT2D eigenvalue weighted by molar-refractivity contribution is -0.0187. The van der Waals surface area contributed by atoms with Gasteiger partial charge >= 0.3 is 0 Å². The zero-order chi connectivity index (χ0) is 11.9. The molecule has 3 unspecified atom stereocenters. The van der Waals surface area contributed by atoms with Gasteiger partial charge in [-0.1, -0.05) is 27.2 Å². The molecule has 1 saturated carbocycles. The first kappa shape index (κ1) is 12.9. The van der Waals surface area contributed by atoms with Gasteiger partial charge in [0.25, 0.3) is 10.1 Å². The van der Waals surface area contributed by atoms with E-state index >= 15 is 0 Å². The SMILES string of the molecule is CC1CCC(C(C)C)C(O)(S(=O)(=O)O)C1. The van der Waals surface area contributed by atoms with Crippen molar-refractivity contribution in [3.8, 4) is 0 Å². The third kappa shape index (κ3) is 2.34. The van der Waals surface area contributed by atoms with Crippen molar-refractivity contribution in [3.05, 3.63) is 0 Å². The molecule has 1 fully saturated rings. The van der Waals surface area contributed by atoms with Gasteiger partial charge in [-0.2, -0.15) is 8.42 Å². The molecule has 0 aromatic carbocycles. The van der Waals surface area contributed by atoms with E-state index in [2.05, 4.69) is 0 Å². The van der Waals surface area contributed by atoms with E-state index in [1.165, 1.54) is 0 Å². The summed E-state index contributed by atoms with van der Waals surface area (Å²) in [5, 5.41) is 10.2. The fourth-order valence-corrected chi connectivity index (χ4v) is 3.86. The molecule has 4 nitrogen and oxygen atoms in total. The summed E-state index contributed by atoms with van der Waals surface area (Å²) in [6.07, 6.45) is 1.68. The van der Waals surface area contributed by atoms with Crippen LogP contribution in [0.25, 0.3) is 0 Å². The molecular formula is C10H20O4S. The van der Waals surface area contributed by atoms with Crippen LogP contribution in [0, 0.1) is 17.8 Å². The largest absolute Gasteiger partial charge is 0.372 e. The third-order valence-electron chi connectivity index (χ3n) is 3.44. The highest BCUT2D eigenvalue weighted by Gasteiger charge is 2.51. The van der Waals surface area contributed by atoms with Gasteiger partial charge in [-0.05, 0) is 24.7 Å². The van der Waals surface area contributed by atoms with Crippen molar-refractivity contribution in [3.63, 3.8) is 0 Å². The average Bonchev–Trinajstić information content (AvgIpc) is 2.00. The van der Waals surface area contributed by atoms with Crippen molar-refractivity contribution in [2.45, 2.75) is 45.0 Å². The predicted molar refractivity (Wildman–Crippen MR) is 57.8 cm³/mol. The Hall–Kier alpha value is -0.130. The van der Waals surface area contributed by atoms with Crippen molar-refractivity contribution in [1.82, 2.24) is 0 Å². The zero-order valence-electron chi connectivity index (χ0n) is 9.47. The summed E-state index contributed by atoms with van der Waals surface area (Å²) >= 11 is 0. The minimum Gasteiger partial charge on any atom is -0.372 e. The highest BCUT2D eigenvalue weighted by molar-refractivity contribution is 7.87. The molecule has 5 heteroatoms. The van der Waals surface area contributed by atoms with E-state index in [1.54, 1.807) is 0 Å². The molecule has 1 aliphatic carbocycles. The Balaban J connectivity index is 3.08. The van der Waals surface area contributed by atoms with Crippen LogP contribution in [0.3, 0.4) is 0 Å². The molecule has 0 amide bonds. The van der Waals surface area contributed by atoms with Crippen LogP contribution >= 0.6 is 0 Å². The topological polar surface area (TPSA) is 74.6 Å². The molecule has 0 aliphatic heterocycles. The number of rotatable bonds is 2. The minimum atomic E-state index is -4.40. The van der Waals surface area contributed by atoms with Crippen LogP contribution in [0.5, 0.6) is 0 Å². The van der Waals surface area contributed by atoms with Gasteiger partial charge in [0.15, 0.2) is 4.93 Å². The van der Waals surface area contributed by atoms with Crippen LogP contribution in [-0.2, 0) is 10.1 Å². The van der Waals surface area contributed by atoms with E-state index < -0.39 is 15.1 Å². The molecule has 0 aromatic heterocycles. The molecule has 90 valence electrons. The first-order valence-corrected chi connectivity index (χ1v) is 6.82. The Kier molecular flexibility index (Phi) is 3.48. The third-order valence-corrected chi connectivity index (χ3v) is 4.81. The normalized spacial score (nSPS) is 38.3. The second kappa shape index (κ2) is 4.03. The van der Waals surface area contributed by atoms with Crippen molar-refractivity contribution < 1.29 is 18.1 Å². The second-order valence-corrected chi connectivity index (χ2v) is 6.71.